The highest BCUT2D eigenvalue weighted by Crippen LogP contribution is 2.27. The quantitative estimate of drug-likeness (QED) is 0.852. The molecule has 2 N–H and O–H groups in total. The van der Waals surface area contributed by atoms with E-state index in [2.05, 4.69) is 10.4 Å². The second-order valence-corrected chi connectivity index (χ2v) is 4.47. The summed E-state index contributed by atoms with van der Waals surface area (Å²) in [5.74, 6) is 0.743. The van der Waals surface area contributed by atoms with E-state index in [-0.39, 0.29) is 6.61 Å². The Kier molecular flexibility index (Phi) is 4.65. The van der Waals surface area contributed by atoms with Crippen LogP contribution in [0.4, 0.5) is 5.69 Å². The third kappa shape index (κ3) is 3.62. The second kappa shape index (κ2) is 6.45. The largest absolute Gasteiger partial charge is 0.495 e. The molecule has 5 nitrogen and oxygen atoms in total. The van der Waals surface area contributed by atoms with Crippen molar-refractivity contribution in [1.82, 2.24) is 9.78 Å². The molecule has 0 atom stereocenters. The minimum absolute atomic E-state index is 0.0800. The molecule has 0 aliphatic heterocycles. The van der Waals surface area contributed by atoms with Gasteiger partial charge in [0, 0.05) is 23.3 Å². The Morgan fingerprint density at radius 3 is 3.05 bits per heavy atom. The molecule has 0 saturated heterocycles. The van der Waals surface area contributed by atoms with Gasteiger partial charge in [-0.15, -0.1) is 0 Å². The number of nitrogens with one attached hydrogen (secondary N) is 1. The first-order valence-corrected chi connectivity index (χ1v) is 6.30. The number of halogens is 1. The highest BCUT2D eigenvalue weighted by Gasteiger charge is 2.04. The number of aliphatic hydroxyl groups is 1. The van der Waals surface area contributed by atoms with E-state index in [0.717, 1.165) is 17.0 Å². The zero-order valence-corrected chi connectivity index (χ0v) is 11.4. The van der Waals surface area contributed by atoms with Gasteiger partial charge in [-0.3, -0.25) is 4.68 Å². The van der Waals surface area contributed by atoms with E-state index in [4.69, 9.17) is 21.4 Å². The number of aliphatic hydroxyl groups excluding tert-OH is 1. The van der Waals surface area contributed by atoms with Crippen molar-refractivity contribution < 1.29 is 9.84 Å². The number of rotatable bonds is 6. The number of benzene rings is 1. The first-order chi connectivity index (χ1) is 9.22. The smallest absolute Gasteiger partial charge is 0.142 e. The van der Waals surface area contributed by atoms with Crippen LogP contribution in [-0.4, -0.2) is 28.6 Å². The zero-order valence-electron chi connectivity index (χ0n) is 10.6. The molecule has 6 heteroatoms. The van der Waals surface area contributed by atoms with Gasteiger partial charge >= 0.3 is 0 Å². The van der Waals surface area contributed by atoms with E-state index in [0.29, 0.717) is 18.1 Å². The summed E-state index contributed by atoms with van der Waals surface area (Å²) in [6, 6.07) is 5.42. The highest BCUT2D eigenvalue weighted by molar-refractivity contribution is 6.30. The number of nitrogens with zero attached hydrogens (tertiary/aromatic N) is 2. The second-order valence-electron chi connectivity index (χ2n) is 4.03. The van der Waals surface area contributed by atoms with Crippen LogP contribution in [0.2, 0.25) is 5.02 Å². The number of hydrogen-bond acceptors (Lipinski definition) is 4. The van der Waals surface area contributed by atoms with Crippen molar-refractivity contribution in [2.24, 2.45) is 0 Å². The molecule has 0 fully saturated rings. The van der Waals surface area contributed by atoms with E-state index < -0.39 is 0 Å². The van der Waals surface area contributed by atoms with Crippen LogP contribution in [0.5, 0.6) is 5.75 Å². The van der Waals surface area contributed by atoms with Gasteiger partial charge in [0.2, 0.25) is 0 Å². The van der Waals surface area contributed by atoms with Gasteiger partial charge in [-0.2, -0.15) is 5.10 Å². The summed E-state index contributed by atoms with van der Waals surface area (Å²) >= 11 is 5.96. The van der Waals surface area contributed by atoms with Gasteiger partial charge in [0.1, 0.15) is 5.75 Å². The van der Waals surface area contributed by atoms with E-state index >= 15 is 0 Å². The summed E-state index contributed by atoms with van der Waals surface area (Å²) in [6.07, 6.45) is 3.65. The maximum atomic E-state index is 8.83. The Balaban J connectivity index is 2.03. The SMILES string of the molecule is COc1ccc(Cl)cc1NCc1cnn(CCO)c1. The number of ether oxygens (including phenoxy) is 1. The summed E-state index contributed by atoms with van der Waals surface area (Å²) in [5, 5.41) is 16.9. The lowest BCUT2D eigenvalue weighted by Crippen LogP contribution is -2.02. The van der Waals surface area contributed by atoms with Crippen LogP contribution in [-0.2, 0) is 13.1 Å². The van der Waals surface area contributed by atoms with Crippen molar-refractivity contribution in [2.45, 2.75) is 13.1 Å². The van der Waals surface area contributed by atoms with Gasteiger partial charge in [0.25, 0.3) is 0 Å². The zero-order chi connectivity index (χ0) is 13.7. The van der Waals surface area contributed by atoms with Gasteiger partial charge in [0.15, 0.2) is 0 Å². The Morgan fingerprint density at radius 2 is 2.32 bits per heavy atom. The Hall–Kier alpha value is -1.72. The summed E-state index contributed by atoms with van der Waals surface area (Å²) < 4.78 is 6.96. The molecule has 0 aliphatic carbocycles. The fourth-order valence-corrected chi connectivity index (χ4v) is 1.91. The van der Waals surface area contributed by atoms with Gasteiger partial charge < -0.3 is 15.2 Å². The lowest BCUT2D eigenvalue weighted by Gasteiger charge is -2.10. The summed E-state index contributed by atoms with van der Waals surface area (Å²) in [4.78, 5) is 0. The van der Waals surface area contributed by atoms with Gasteiger partial charge in [0.05, 0.1) is 32.1 Å². The van der Waals surface area contributed by atoms with E-state index in [1.165, 1.54) is 0 Å². The lowest BCUT2D eigenvalue weighted by molar-refractivity contribution is 0.269. The topological polar surface area (TPSA) is 59.3 Å². The predicted octanol–water partition coefficient (Wildman–Crippen LogP) is 2.15. The monoisotopic (exact) mass is 281 g/mol. The lowest BCUT2D eigenvalue weighted by atomic mass is 10.2. The molecule has 2 rings (SSSR count). The maximum Gasteiger partial charge on any atom is 0.142 e. The van der Waals surface area contributed by atoms with Crippen molar-refractivity contribution in [3.63, 3.8) is 0 Å². The van der Waals surface area contributed by atoms with Crippen molar-refractivity contribution in [1.29, 1.82) is 0 Å². The molecule has 1 aromatic heterocycles. The number of anilines is 1. The molecule has 0 bridgehead atoms. The van der Waals surface area contributed by atoms with Crippen LogP contribution >= 0.6 is 11.6 Å². The normalized spacial score (nSPS) is 10.5. The highest BCUT2D eigenvalue weighted by atomic mass is 35.5. The van der Waals surface area contributed by atoms with Gasteiger partial charge in [-0.05, 0) is 18.2 Å². The maximum absolute atomic E-state index is 8.83. The number of aromatic nitrogens is 2. The first kappa shape index (κ1) is 13.7. The molecule has 1 aromatic carbocycles. The molecule has 0 spiro atoms. The molecule has 0 amide bonds. The number of methoxy groups -OCH3 is 1. The minimum atomic E-state index is 0.0800. The molecule has 2 aromatic rings. The van der Waals surface area contributed by atoms with E-state index in [9.17, 15) is 0 Å². The molecule has 102 valence electrons. The Morgan fingerprint density at radius 1 is 1.47 bits per heavy atom. The van der Waals surface area contributed by atoms with Gasteiger partial charge in [-0.1, -0.05) is 11.6 Å². The van der Waals surface area contributed by atoms with E-state index in [1.54, 1.807) is 24.1 Å². The van der Waals surface area contributed by atoms with E-state index in [1.807, 2.05) is 18.3 Å². The molecule has 0 saturated carbocycles. The predicted molar refractivity (Wildman–Crippen MR) is 74.6 cm³/mol. The van der Waals surface area contributed by atoms with Crippen LogP contribution in [0.1, 0.15) is 5.56 Å². The third-order valence-corrected chi connectivity index (χ3v) is 2.90. The Bertz CT molecular complexity index is 542. The molecular formula is C13H16ClN3O2. The average Bonchev–Trinajstić information content (AvgIpc) is 2.85. The Labute approximate surface area is 116 Å². The molecule has 1 heterocycles. The van der Waals surface area contributed by atoms with Crippen LogP contribution in [0, 0.1) is 0 Å². The molecule has 0 unspecified atom stereocenters. The van der Waals surface area contributed by atoms with Crippen LogP contribution < -0.4 is 10.1 Å². The van der Waals surface area contributed by atoms with Crippen molar-refractivity contribution in [2.75, 3.05) is 19.0 Å². The summed E-state index contributed by atoms with van der Waals surface area (Å²) in [5.41, 5.74) is 1.86. The molecule has 0 radical (unpaired) electrons. The molecule has 19 heavy (non-hydrogen) atoms. The fraction of sp³-hybridized carbons (Fsp3) is 0.308. The van der Waals surface area contributed by atoms with Gasteiger partial charge in [-0.25, -0.2) is 0 Å². The van der Waals surface area contributed by atoms with Crippen molar-refractivity contribution in [3.05, 3.63) is 41.2 Å². The molecule has 0 aliphatic rings. The molecular weight excluding hydrogens is 266 g/mol. The average molecular weight is 282 g/mol. The fourth-order valence-electron chi connectivity index (χ4n) is 1.74. The van der Waals surface area contributed by atoms with Crippen LogP contribution in [0.3, 0.4) is 0 Å². The standard InChI is InChI=1S/C13H16ClN3O2/c1-19-13-3-2-11(14)6-12(13)15-7-10-8-16-17(9-10)4-5-18/h2-3,6,8-9,15,18H,4-5,7H2,1H3. The summed E-state index contributed by atoms with van der Waals surface area (Å²) in [7, 11) is 1.62. The minimum Gasteiger partial charge on any atom is -0.495 e. The van der Waals surface area contributed by atoms with Crippen molar-refractivity contribution >= 4 is 17.3 Å². The van der Waals surface area contributed by atoms with Crippen molar-refractivity contribution in [3.8, 4) is 5.75 Å². The number of hydrogen-bond donors (Lipinski definition) is 2. The van der Waals surface area contributed by atoms with Crippen LogP contribution in [0.25, 0.3) is 0 Å². The van der Waals surface area contributed by atoms with Crippen LogP contribution in [0.15, 0.2) is 30.6 Å². The third-order valence-electron chi connectivity index (χ3n) is 2.66. The first-order valence-electron chi connectivity index (χ1n) is 5.92. The summed E-state index contributed by atoms with van der Waals surface area (Å²) in [6.45, 7) is 1.19.